The van der Waals surface area contributed by atoms with Crippen LogP contribution in [0.1, 0.15) is 29.3 Å². The third-order valence-corrected chi connectivity index (χ3v) is 4.79. The van der Waals surface area contributed by atoms with E-state index in [1.807, 2.05) is 19.1 Å². The van der Waals surface area contributed by atoms with Gasteiger partial charge in [-0.2, -0.15) is 0 Å². The number of benzene rings is 2. The number of carbonyl (C=O) groups is 1. The molecule has 2 aromatic carbocycles. The minimum absolute atomic E-state index is 0.0576. The molecule has 0 aromatic heterocycles. The summed E-state index contributed by atoms with van der Waals surface area (Å²) in [6.45, 7) is 7.61. The van der Waals surface area contributed by atoms with Crippen LogP contribution in [-0.4, -0.2) is 43.5 Å². The summed E-state index contributed by atoms with van der Waals surface area (Å²) in [7, 11) is 0. The molecule has 0 unspecified atom stereocenters. The van der Waals surface area contributed by atoms with E-state index >= 15 is 0 Å². The summed E-state index contributed by atoms with van der Waals surface area (Å²) in [6, 6.07) is 16.2. The molecule has 1 heterocycles. The maximum atomic E-state index is 12.1. The molecule has 0 aliphatic carbocycles. The second kappa shape index (κ2) is 8.72. The van der Waals surface area contributed by atoms with E-state index in [0.29, 0.717) is 17.8 Å². The number of nitrogens with one attached hydrogen (secondary N) is 1. The van der Waals surface area contributed by atoms with Crippen LogP contribution in [0.5, 0.6) is 0 Å². The molecule has 2 aromatic rings. The standard InChI is InChI=1S/C21H28N4O/c1-2-10-23-21(26)18-8-9-20(19(22)15-18)25-13-11-24(12-14-25)16-17-6-4-3-5-7-17/h3-9,15H,2,10-14,16,22H2,1H3,(H,23,26). The van der Waals surface area contributed by atoms with Gasteiger partial charge in [0, 0.05) is 44.8 Å². The highest BCUT2D eigenvalue weighted by Crippen LogP contribution is 2.26. The number of nitrogens with zero attached hydrogens (tertiary/aromatic N) is 2. The molecule has 1 aliphatic rings. The van der Waals surface area contributed by atoms with E-state index in [-0.39, 0.29) is 5.91 Å². The number of amides is 1. The van der Waals surface area contributed by atoms with Crippen molar-refractivity contribution < 1.29 is 4.79 Å². The van der Waals surface area contributed by atoms with Crippen molar-refractivity contribution in [3.8, 4) is 0 Å². The van der Waals surface area contributed by atoms with Crippen molar-refractivity contribution in [1.29, 1.82) is 0 Å². The van der Waals surface area contributed by atoms with Crippen molar-refractivity contribution in [2.45, 2.75) is 19.9 Å². The van der Waals surface area contributed by atoms with Crippen LogP contribution in [0, 0.1) is 0 Å². The molecule has 3 rings (SSSR count). The molecule has 5 nitrogen and oxygen atoms in total. The van der Waals surface area contributed by atoms with Crippen molar-refractivity contribution in [2.24, 2.45) is 0 Å². The molecule has 1 amide bonds. The topological polar surface area (TPSA) is 61.6 Å². The highest BCUT2D eigenvalue weighted by Gasteiger charge is 2.19. The Balaban J connectivity index is 1.58. The second-order valence-electron chi connectivity index (χ2n) is 6.78. The number of nitrogen functional groups attached to an aromatic ring is 1. The Labute approximate surface area is 155 Å². The highest BCUT2D eigenvalue weighted by atomic mass is 16.1. The van der Waals surface area contributed by atoms with Crippen LogP contribution in [0.3, 0.4) is 0 Å². The predicted molar refractivity (Wildman–Crippen MR) is 107 cm³/mol. The SMILES string of the molecule is CCCNC(=O)c1ccc(N2CCN(Cc3ccccc3)CC2)c(N)c1. The first kappa shape index (κ1) is 18.3. The molecule has 1 fully saturated rings. The van der Waals surface area contributed by atoms with E-state index in [2.05, 4.69) is 45.4 Å². The molecule has 3 N–H and O–H groups in total. The van der Waals surface area contributed by atoms with Crippen molar-refractivity contribution >= 4 is 17.3 Å². The molecule has 26 heavy (non-hydrogen) atoms. The van der Waals surface area contributed by atoms with Crippen LogP contribution in [0.25, 0.3) is 0 Å². The predicted octanol–water partition coefficient (Wildman–Crippen LogP) is 2.73. The van der Waals surface area contributed by atoms with E-state index in [0.717, 1.165) is 44.8 Å². The molecule has 1 aliphatic heterocycles. The Morgan fingerprint density at radius 1 is 1.08 bits per heavy atom. The lowest BCUT2D eigenvalue weighted by Crippen LogP contribution is -2.46. The molecule has 0 atom stereocenters. The first-order valence-electron chi connectivity index (χ1n) is 9.36. The summed E-state index contributed by atoms with van der Waals surface area (Å²) >= 11 is 0. The van der Waals surface area contributed by atoms with E-state index < -0.39 is 0 Å². The van der Waals surface area contributed by atoms with Crippen molar-refractivity contribution in [3.63, 3.8) is 0 Å². The van der Waals surface area contributed by atoms with Crippen LogP contribution in [0.2, 0.25) is 0 Å². The average Bonchev–Trinajstić information content (AvgIpc) is 2.67. The van der Waals surface area contributed by atoms with Crippen molar-refractivity contribution in [3.05, 3.63) is 59.7 Å². The zero-order chi connectivity index (χ0) is 18.4. The monoisotopic (exact) mass is 352 g/mol. The van der Waals surface area contributed by atoms with Crippen LogP contribution in [-0.2, 0) is 6.54 Å². The fourth-order valence-electron chi connectivity index (χ4n) is 3.31. The minimum atomic E-state index is -0.0576. The van der Waals surface area contributed by atoms with Crippen molar-refractivity contribution in [1.82, 2.24) is 10.2 Å². The Kier molecular flexibility index (Phi) is 6.12. The van der Waals surface area contributed by atoms with E-state index in [4.69, 9.17) is 5.73 Å². The summed E-state index contributed by atoms with van der Waals surface area (Å²) in [5, 5.41) is 2.89. The lowest BCUT2D eigenvalue weighted by atomic mass is 10.1. The third-order valence-electron chi connectivity index (χ3n) is 4.79. The number of nitrogens with two attached hydrogens (primary N) is 1. The van der Waals surface area contributed by atoms with Gasteiger partial charge in [-0.15, -0.1) is 0 Å². The third kappa shape index (κ3) is 4.55. The Morgan fingerprint density at radius 3 is 2.46 bits per heavy atom. The van der Waals surface area contributed by atoms with Crippen LogP contribution in [0.15, 0.2) is 48.5 Å². The van der Waals surface area contributed by atoms with Gasteiger partial charge in [0.25, 0.3) is 5.91 Å². The summed E-state index contributed by atoms with van der Waals surface area (Å²) in [4.78, 5) is 16.8. The smallest absolute Gasteiger partial charge is 0.251 e. The van der Waals surface area contributed by atoms with Crippen LogP contribution in [0.4, 0.5) is 11.4 Å². The van der Waals surface area contributed by atoms with Gasteiger partial charge in [-0.05, 0) is 30.2 Å². The van der Waals surface area contributed by atoms with Gasteiger partial charge in [-0.3, -0.25) is 9.69 Å². The van der Waals surface area contributed by atoms with E-state index in [9.17, 15) is 4.79 Å². The number of carbonyl (C=O) groups excluding carboxylic acids is 1. The zero-order valence-corrected chi connectivity index (χ0v) is 15.4. The molecule has 138 valence electrons. The summed E-state index contributed by atoms with van der Waals surface area (Å²) in [6.07, 6.45) is 0.923. The van der Waals surface area contributed by atoms with Gasteiger partial charge in [0.05, 0.1) is 11.4 Å². The Morgan fingerprint density at radius 2 is 1.81 bits per heavy atom. The summed E-state index contributed by atoms with van der Waals surface area (Å²) < 4.78 is 0. The number of rotatable bonds is 6. The maximum absolute atomic E-state index is 12.1. The maximum Gasteiger partial charge on any atom is 0.251 e. The molecule has 0 radical (unpaired) electrons. The van der Waals surface area contributed by atoms with E-state index in [1.165, 1.54) is 5.56 Å². The lowest BCUT2D eigenvalue weighted by Gasteiger charge is -2.36. The number of anilines is 2. The lowest BCUT2D eigenvalue weighted by molar-refractivity contribution is 0.0953. The molecule has 0 saturated carbocycles. The normalized spacial score (nSPS) is 15.0. The average molecular weight is 352 g/mol. The second-order valence-corrected chi connectivity index (χ2v) is 6.78. The quantitative estimate of drug-likeness (QED) is 0.785. The van der Waals surface area contributed by atoms with Crippen LogP contribution >= 0.6 is 0 Å². The van der Waals surface area contributed by atoms with Gasteiger partial charge in [0.1, 0.15) is 0 Å². The van der Waals surface area contributed by atoms with E-state index in [1.54, 1.807) is 6.07 Å². The largest absolute Gasteiger partial charge is 0.397 e. The van der Waals surface area contributed by atoms with Gasteiger partial charge < -0.3 is 16.0 Å². The molecular formula is C21H28N4O. The number of hydrogen-bond acceptors (Lipinski definition) is 4. The molecule has 0 spiro atoms. The Hall–Kier alpha value is -2.53. The van der Waals surface area contributed by atoms with Crippen molar-refractivity contribution in [2.75, 3.05) is 43.4 Å². The molecular weight excluding hydrogens is 324 g/mol. The zero-order valence-electron chi connectivity index (χ0n) is 15.4. The number of piperazine rings is 1. The summed E-state index contributed by atoms with van der Waals surface area (Å²) in [5.74, 6) is -0.0576. The van der Waals surface area contributed by atoms with Gasteiger partial charge >= 0.3 is 0 Å². The number of hydrogen-bond donors (Lipinski definition) is 2. The van der Waals surface area contributed by atoms with Gasteiger partial charge in [0.15, 0.2) is 0 Å². The minimum Gasteiger partial charge on any atom is -0.397 e. The fraction of sp³-hybridized carbons (Fsp3) is 0.381. The Bertz CT molecular complexity index is 724. The molecule has 0 bridgehead atoms. The molecule has 1 saturated heterocycles. The van der Waals surface area contributed by atoms with Gasteiger partial charge in [-0.1, -0.05) is 37.3 Å². The van der Waals surface area contributed by atoms with Gasteiger partial charge in [0.2, 0.25) is 0 Å². The molecule has 5 heteroatoms. The highest BCUT2D eigenvalue weighted by molar-refractivity contribution is 5.96. The first-order valence-corrected chi connectivity index (χ1v) is 9.36. The summed E-state index contributed by atoms with van der Waals surface area (Å²) in [5.41, 5.74) is 9.92. The first-order chi connectivity index (χ1) is 12.7. The van der Waals surface area contributed by atoms with Crippen LogP contribution < -0.4 is 16.0 Å². The fourth-order valence-corrected chi connectivity index (χ4v) is 3.31. The van der Waals surface area contributed by atoms with Gasteiger partial charge in [-0.25, -0.2) is 0 Å².